The molecule has 0 fully saturated rings. The first-order valence-corrected chi connectivity index (χ1v) is 2.82. The summed E-state index contributed by atoms with van der Waals surface area (Å²) >= 11 is 0. The zero-order valence-electron chi connectivity index (χ0n) is 5.80. The molecule has 0 rings (SSSR count). The third kappa shape index (κ3) is 2.25. The van der Waals surface area contributed by atoms with E-state index in [2.05, 4.69) is 0 Å². The van der Waals surface area contributed by atoms with Gasteiger partial charge in [0.05, 0.1) is 0 Å². The zero-order chi connectivity index (χ0) is 10.2. The van der Waals surface area contributed by atoms with Crippen LogP contribution >= 0.6 is 0 Å². The van der Waals surface area contributed by atoms with Gasteiger partial charge >= 0.3 is 12.1 Å². The number of rotatable bonds is 2. The molecule has 0 nitrogen and oxygen atoms in total. The molecular weight excluding hydrogens is 193 g/mol. The van der Waals surface area contributed by atoms with Crippen LogP contribution in [0.1, 0.15) is 6.92 Å². The van der Waals surface area contributed by atoms with E-state index < -0.39 is 24.4 Å². The minimum absolute atomic E-state index is 0.165. The highest BCUT2D eigenvalue weighted by Gasteiger charge is 2.59. The van der Waals surface area contributed by atoms with Gasteiger partial charge in [-0.25, -0.2) is 8.78 Å². The molecule has 0 spiro atoms. The number of hydrogen-bond acceptors (Lipinski definition) is 0. The first kappa shape index (κ1) is 11.5. The fraction of sp³-hybridized carbons (Fsp3) is 1.00. The molecule has 0 aliphatic carbocycles. The Morgan fingerprint density at radius 3 is 1.33 bits per heavy atom. The normalized spacial score (nSPS) is 19.0. The van der Waals surface area contributed by atoms with E-state index in [0.29, 0.717) is 0 Å². The van der Waals surface area contributed by atoms with Crippen LogP contribution in [0.3, 0.4) is 0 Å². The Bertz CT molecular complexity index is 146. The van der Waals surface area contributed by atoms with Crippen molar-refractivity contribution in [3.8, 4) is 0 Å². The summed E-state index contributed by atoms with van der Waals surface area (Å²) in [5.41, 5.74) is 0. The molecule has 0 aromatic carbocycles. The summed E-state index contributed by atoms with van der Waals surface area (Å²) in [6, 6.07) is 0. The molecule has 74 valence electrons. The van der Waals surface area contributed by atoms with Crippen LogP contribution in [0.2, 0.25) is 0 Å². The molecule has 0 radical (unpaired) electrons. The van der Waals surface area contributed by atoms with E-state index in [1.807, 2.05) is 0 Å². The molecule has 0 aliphatic rings. The zero-order valence-corrected chi connectivity index (χ0v) is 5.80. The van der Waals surface area contributed by atoms with Crippen molar-refractivity contribution in [3.63, 3.8) is 0 Å². The molecule has 0 heterocycles. The van der Waals surface area contributed by atoms with E-state index >= 15 is 0 Å². The summed E-state index contributed by atoms with van der Waals surface area (Å²) in [5, 5.41) is 0. The molecule has 0 bridgehead atoms. The van der Waals surface area contributed by atoms with Crippen LogP contribution in [0, 0.1) is 0 Å². The molecule has 12 heavy (non-hydrogen) atoms. The number of alkyl halides is 7. The van der Waals surface area contributed by atoms with Crippen molar-refractivity contribution in [3.05, 3.63) is 0 Å². The Kier molecular flexibility index (Phi) is 2.97. The van der Waals surface area contributed by atoms with Crippen LogP contribution in [-0.4, -0.2) is 24.4 Å². The maximum absolute atomic E-state index is 12.0. The van der Waals surface area contributed by atoms with Crippen LogP contribution in [0.25, 0.3) is 0 Å². The van der Waals surface area contributed by atoms with Gasteiger partial charge in [0.15, 0.2) is 6.17 Å². The molecule has 0 aromatic heterocycles. The van der Waals surface area contributed by atoms with Gasteiger partial charge in [-0.1, -0.05) is 0 Å². The first-order valence-electron chi connectivity index (χ1n) is 2.82. The maximum atomic E-state index is 12.0. The SMILES string of the molecule is CC(F)C(F)(F)C(F)C(F)(F)F. The van der Waals surface area contributed by atoms with Crippen molar-refractivity contribution in [1.29, 1.82) is 0 Å². The van der Waals surface area contributed by atoms with Gasteiger partial charge in [0, 0.05) is 0 Å². The molecular formula is C5H5F7. The smallest absolute Gasteiger partial charge is 0.241 e. The molecule has 0 aromatic rings. The second-order valence-electron chi connectivity index (χ2n) is 2.19. The summed E-state index contributed by atoms with van der Waals surface area (Å²) < 4.78 is 81.4. The molecule has 7 heteroatoms. The van der Waals surface area contributed by atoms with Gasteiger partial charge in [0.1, 0.15) is 0 Å². The van der Waals surface area contributed by atoms with Crippen LogP contribution in [0.15, 0.2) is 0 Å². The fourth-order valence-corrected chi connectivity index (χ4v) is 0.420. The summed E-state index contributed by atoms with van der Waals surface area (Å²) in [4.78, 5) is 0. The van der Waals surface area contributed by atoms with Gasteiger partial charge in [-0.2, -0.15) is 22.0 Å². The number of hydrogen-bond donors (Lipinski definition) is 0. The molecule has 0 amide bonds. The lowest BCUT2D eigenvalue weighted by Gasteiger charge is -2.23. The quantitative estimate of drug-likeness (QED) is 0.598. The summed E-state index contributed by atoms with van der Waals surface area (Å²) in [5.74, 6) is -5.02. The molecule has 0 N–H and O–H groups in total. The Morgan fingerprint density at radius 2 is 1.25 bits per heavy atom. The van der Waals surface area contributed by atoms with Gasteiger partial charge in [0.25, 0.3) is 6.17 Å². The van der Waals surface area contributed by atoms with Crippen molar-refractivity contribution >= 4 is 0 Å². The fourth-order valence-electron chi connectivity index (χ4n) is 0.420. The number of halogens is 7. The van der Waals surface area contributed by atoms with Crippen molar-refractivity contribution in [2.75, 3.05) is 0 Å². The lowest BCUT2D eigenvalue weighted by Crippen LogP contribution is -2.46. The second kappa shape index (κ2) is 3.10. The Balaban J connectivity index is 4.57. The van der Waals surface area contributed by atoms with Crippen LogP contribution in [0.4, 0.5) is 30.7 Å². The molecule has 2 atom stereocenters. The monoisotopic (exact) mass is 198 g/mol. The topological polar surface area (TPSA) is 0 Å². The Hall–Kier alpha value is -0.490. The van der Waals surface area contributed by atoms with E-state index in [0.717, 1.165) is 0 Å². The standard InChI is InChI=1S/C5H5F7/c1-2(6)4(8,9)3(7)5(10,11)12/h2-3H,1H3. The molecule has 0 saturated heterocycles. The van der Waals surface area contributed by atoms with Gasteiger partial charge in [-0.15, -0.1) is 0 Å². The molecule has 2 unspecified atom stereocenters. The Labute approximate surface area is 63.4 Å². The van der Waals surface area contributed by atoms with Crippen molar-refractivity contribution < 1.29 is 30.7 Å². The highest BCUT2D eigenvalue weighted by atomic mass is 19.4. The predicted molar refractivity (Wildman–Crippen MR) is 26.5 cm³/mol. The van der Waals surface area contributed by atoms with Crippen molar-refractivity contribution in [1.82, 2.24) is 0 Å². The van der Waals surface area contributed by atoms with E-state index in [4.69, 9.17) is 0 Å². The van der Waals surface area contributed by atoms with Crippen LogP contribution < -0.4 is 0 Å². The molecule has 0 aliphatic heterocycles. The third-order valence-corrected chi connectivity index (χ3v) is 1.16. The summed E-state index contributed by atoms with van der Waals surface area (Å²) in [7, 11) is 0. The van der Waals surface area contributed by atoms with Gasteiger partial charge < -0.3 is 0 Å². The highest BCUT2D eigenvalue weighted by molar-refractivity contribution is 4.86. The lowest BCUT2D eigenvalue weighted by atomic mass is 10.1. The summed E-state index contributed by atoms with van der Waals surface area (Å²) in [6.07, 6.45) is -13.4. The third-order valence-electron chi connectivity index (χ3n) is 1.16. The average Bonchev–Trinajstić information content (AvgIpc) is 1.83. The van der Waals surface area contributed by atoms with Gasteiger partial charge in [-0.3, -0.25) is 0 Å². The first-order chi connectivity index (χ1) is 5.10. The second-order valence-corrected chi connectivity index (χ2v) is 2.19. The Morgan fingerprint density at radius 1 is 0.917 bits per heavy atom. The predicted octanol–water partition coefficient (Wildman–Crippen LogP) is 2.88. The van der Waals surface area contributed by atoms with E-state index in [-0.39, 0.29) is 6.92 Å². The minimum atomic E-state index is -5.73. The largest absolute Gasteiger partial charge is 0.425 e. The van der Waals surface area contributed by atoms with Crippen LogP contribution in [-0.2, 0) is 0 Å². The summed E-state index contributed by atoms with van der Waals surface area (Å²) in [6.45, 7) is 0.165. The van der Waals surface area contributed by atoms with E-state index in [9.17, 15) is 30.7 Å². The van der Waals surface area contributed by atoms with Crippen LogP contribution in [0.5, 0.6) is 0 Å². The molecule has 0 saturated carbocycles. The lowest BCUT2D eigenvalue weighted by molar-refractivity contribution is -0.257. The highest BCUT2D eigenvalue weighted by Crippen LogP contribution is 2.37. The minimum Gasteiger partial charge on any atom is -0.241 e. The van der Waals surface area contributed by atoms with E-state index in [1.54, 1.807) is 0 Å². The van der Waals surface area contributed by atoms with Crippen molar-refractivity contribution in [2.24, 2.45) is 0 Å². The maximum Gasteiger partial charge on any atom is 0.425 e. The van der Waals surface area contributed by atoms with E-state index in [1.165, 1.54) is 0 Å². The van der Waals surface area contributed by atoms with Gasteiger partial charge in [0.2, 0.25) is 0 Å². The average molecular weight is 198 g/mol. The van der Waals surface area contributed by atoms with Gasteiger partial charge in [-0.05, 0) is 6.92 Å². The van der Waals surface area contributed by atoms with Crippen molar-refractivity contribution in [2.45, 2.75) is 31.4 Å².